The summed E-state index contributed by atoms with van der Waals surface area (Å²) in [7, 11) is -4.67. The number of alkyl halides is 2. The van der Waals surface area contributed by atoms with Crippen LogP contribution < -0.4 is 5.32 Å². The minimum Gasteiger partial charge on any atom is -0.374 e. The highest BCUT2D eigenvalue weighted by Crippen LogP contribution is 2.18. The van der Waals surface area contributed by atoms with E-state index >= 15 is 0 Å². The van der Waals surface area contributed by atoms with Gasteiger partial charge in [-0.1, -0.05) is 30.3 Å². The number of carbonyl (C=O) groups is 1. The number of nitrogens with zero attached hydrogens (tertiary/aromatic N) is 1. The van der Waals surface area contributed by atoms with Crippen LogP contribution in [0.25, 0.3) is 0 Å². The van der Waals surface area contributed by atoms with Gasteiger partial charge in [-0.15, -0.1) is 0 Å². The van der Waals surface area contributed by atoms with Crippen LogP contribution in [0.15, 0.2) is 59.5 Å². The second-order valence-corrected chi connectivity index (χ2v) is 8.67. The fourth-order valence-electron chi connectivity index (χ4n) is 3.10. The molecule has 29 heavy (non-hydrogen) atoms. The zero-order chi connectivity index (χ0) is 20.9. The van der Waals surface area contributed by atoms with E-state index in [1.165, 1.54) is 17.7 Å². The molecular weight excluding hydrogens is 402 g/mol. The number of rotatable bonds is 7. The Bertz CT molecular complexity index is 921. The number of carbonyl (C=O) groups excluding carboxylic acids is 1. The van der Waals surface area contributed by atoms with Gasteiger partial charge in [0.1, 0.15) is 0 Å². The SMILES string of the molecule is O=C(NC[C@H]1CN(Cc2ccccc2)CCO1)c1ccc(S(=O)(=O)C(F)F)cc1. The zero-order valence-corrected chi connectivity index (χ0v) is 16.4. The first-order chi connectivity index (χ1) is 13.9. The van der Waals surface area contributed by atoms with Crippen molar-refractivity contribution in [1.29, 1.82) is 0 Å². The predicted molar refractivity (Wildman–Crippen MR) is 103 cm³/mol. The molecule has 0 bridgehead atoms. The molecule has 1 saturated heterocycles. The Morgan fingerprint density at radius 2 is 1.83 bits per heavy atom. The van der Waals surface area contributed by atoms with Crippen LogP contribution >= 0.6 is 0 Å². The molecule has 1 aliphatic heterocycles. The maximum atomic E-state index is 12.6. The smallest absolute Gasteiger partial charge is 0.341 e. The van der Waals surface area contributed by atoms with Crippen molar-refractivity contribution in [2.24, 2.45) is 0 Å². The largest absolute Gasteiger partial charge is 0.374 e. The zero-order valence-electron chi connectivity index (χ0n) is 15.6. The van der Waals surface area contributed by atoms with E-state index in [0.717, 1.165) is 25.2 Å². The lowest BCUT2D eigenvalue weighted by atomic mass is 10.2. The Morgan fingerprint density at radius 1 is 1.14 bits per heavy atom. The Labute approximate surface area is 168 Å². The molecule has 156 valence electrons. The van der Waals surface area contributed by atoms with Crippen molar-refractivity contribution in [3.63, 3.8) is 0 Å². The third-order valence-corrected chi connectivity index (χ3v) is 6.04. The molecule has 1 heterocycles. The summed E-state index contributed by atoms with van der Waals surface area (Å²) in [5, 5.41) is 2.75. The number of benzene rings is 2. The lowest BCUT2D eigenvalue weighted by molar-refractivity contribution is -0.0292. The first-order valence-electron chi connectivity index (χ1n) is 9.14. The van der Waals surface area contributed by atoms with Gasteiger partial charge in [-0.05, 0) is 29.8 Å². The van der Waals surface area contributed by atoms with Gasteiger partial charge in [-0.25, -0.2) is 8.42 Å². The molecule has 1 atom stereocenters. The molecule has 3 rings (SSSR count). The van der Waals surface area contributed by atoms with Crippen LogP contribution in [-0.2, 0) is 21.1 Å². The summed E-state index contributed by atoms with van der Waals surface area (Å²) in [6.45, 7) is 3.13. The van der Waals surface area contributed by atoms with Gasteiger partial charge < -0.3 is 10.1 Å². The summed E-state index contributed by atoms with van der Waals surface area (Å²) in [4.78, 5) is 14.0. The summed E-state index contributed by atoms with van der Waals surface area (Å²) in [6.07, 6.45) is -0.171. The van der Waals surface area contributed by atoms with E-state index in [2.05, 4.69) is 22.3 Å². The van der Waals surface area contributed by atoms with Crippen LogP contribution in [0.1, 0.15) is 15.9 Å². The lowest BCUT2D eigenvalue weighted by Gasteiger charge is -2.33. The van der Waals surface area contributed by atoms with Gasteiger partial charge in [0.2, 0.25) is 9.84 Å². The number of amides is 1. The molecule has 2 aromatic rings. The van der Waals surface area contributed by atoms with Crippen LogP contribution in [0, 0.1) is 0 Å². The average Bonchev–Trinajstić information content (AvgIpc) is 2.73. The topological polar surface area (TPSA) is 75.7 Å². The van der Waals surface area contributed by atoms with Gasteiger partial charge >= 0.3 is 5.76 Å². The van der Waals surface area contributed by atoms with Crippen molar-refractivity contribution in [3.05, 3.63) is 65.7 Å². The summed E-state index contributed by atoms with van der Waals surface area (Å²) in [5.74, 6) is -3.92. The first-order valence-corrected chi connectivity index (χ1v) is 10.7. The molecule has 1 fully saturated rings. The number of hydrogen-bond donors (Lipinski definition) is 1. The first kappa shape index (κ1) is 21.4. The van der Waals surface area contributed by atoms with Gasteiger partial charge in [0.05, 0.1) is 17.6 Å². The van der Waals surface area contributed by atoms with Crippen molar-refractivity contribution in [2.45, 2.75) is 23.3 Å². The van der Waals surface area contributed by atoms with Crippen molar-refractivity contribution < 1.29 is 26.7 Å². The number of ether oxygens (including phenoxy) is 1. The molecule has 0 radical (unpaired) electrons. The monoisotopic (exact) mass is 424 g/mol. The van der Waals surface area contributed by atoms with Crippen molar-refractivity contribution in [3.8, 4) is 0 Å². The Balaban J connectivity index is 1.52. The quantitative estimate of drug-likeness (QED) is 0.738. The van der Waals surface area contributed by atoms with E-state index in [4.69, 9.17) is 4.74 Å². The standard InChI is InChI=1S/C20H22F2N2O4S/c21-20(22)29(26,27)18-8-6-16(7-9-18)19(25)23-12-17-14-24(10-11-28-17)13-15-4-2-1-3-5-15/h1-9,17,20H,10-14H2,(H,23,25)/t17-/m0/s1. The maximum Gasteiger partial charge on any atom is 0.341 e. The lowest BCUT2D eigenvalue weighted by Crippen LogP contribution is -2.47. The van der Waals surface area contributed by atoms with Gasteiger partial charge in [-0.3, -0.25) is 9.69 Å². The van der Waals surface area contributed by atoms with Gasteiger partial charge in [0.15, 0.2) is 0 Å². The predicted octanol–water partition coefficient (Wildman–Crippen LogP) is 2.31. The average molecular weight is 424 g/mol. The second kappa shape index (κ2) is 9.43. The summed E-state index contributed by atoms with van der Waals surface area (Å²) >= 11 is 0. The van der Waals surface area contributed by atoms with E-state index < -0.39 is 26.4 Å². The maximum absolute atomic E-state index is 12.6. The molecule has 0 aromatic heterocycles. The van der Waals surface area contributed by atoms with Crippen LogP contribution in [0.5, 0.6) is 0 Å². The van der Waals surface area contributed by atoms with Crippen molar-refractivity contribution >= 4 is 15.7 Å². The molecule has 1 N–H and O–H groups in total. The Kier molecular flexibility index (Phi) is 6.94. The number of sulfone groups is 1. The van der Waals surface area contributed by atoms with Crippen LogP contribution in [0.2, 0.25) is 0 Å². The van der Waals surface area contributed by atoms with Crippen molar-refractivity contribution in [2.75, 3.05) is 26.2 Å². The third-order valence-electron chi connectivity index (χ3n) is 4.64. The van der Waals surface area contributed by atoms with Crippen LogP contribution in [0.3, 0.4) is 0 Å². The highest BCUT2D eigenvalue weighted by atomic mass is 32.2. The van der Waals surface area contributed by atoms with Gasteiger partial charge in [0, 0.05) is 31.7 Å². The molecule has 0 aliphatic carbocycles. The number of morpholine rings is 1. The van der Waals surface area contributed by atoms with E-state index in [1.807, 2.05) is 18.2 Å². The van der Waals surface area contributed by atoms with E-state index in [0.29, 0.717) is 19.7 Å². The van der Waals surface area contributed by atoms with Gasteiger partial charge in [0.25, 0.3) is 5.91 Å². The molecule has 0 unspecified atom stereocenters. The van der Waals surface area contributed by atoms with Crippen molar-refractivity contribution in [1.82, 2.24) is 10.2 Å². The molecule has 2 aromatic carbocycles. The molecule has 9 heteroatoms. The summed E-state index contributed by atoms with van der Waals surface area (Å²) < 4.78 is 53.7. The summed E-state index contributed by atoms with van der Waals surface area (Å²) in [6, 6.07) is 14.5. The minimum absolute atomic E-state index is 0.171. The molecule has 6 nitrogen and oxygen atoms in total. The van der Waals surface area contributed by atoms with E-state index in [-0.39, 0.29) is 11.7 Å². The van der Waals surface area contributed by atoms with E-state index in [1.54, 1.807) is 0 Å². The minimum atomic E-state index is -4.67. The van der Waals surface area contributed by atoms with Gasteiger partial charge in [-0.2, -0.15) is 8.78 Å². The Hall–Kier alpha value is -2.36. The van der Waals surface area contributed by atoms with Crippen LogP contribution in [-0.4, -0.2) is 57.3 Å². The fraction of sp³-hybridized carbons (Fsp3) is 0.350. The highest BCUT2D eigenvalue weighted by molar-refractivity contribution is 7.91. The van der Waals surface area contributed by atoms with E-state index in [9.17, 15) is 22.0 Å². The molecular formula is C20H22F2N2O4S. The fourth-order valence-corrected chi connectivity index (χ4v) is 3.82. The van der Waals surface area contributed by atoms with Crippen LogP contribution in [0.4, 0.5) is 8.78 Å². The summed E-state index contributed by atoms with van der Waals surface area (Å²) in [5.41, 5.74) is 1.39. The molecule has 0 saturated carbocycles. The molecule has 0 spiro atoms. The number of hydrogen-bond acceptors (Lipinski definition) is 5. The highest BCUT2D eigenvalue weighted by Gasteiger charge is 2.26. The molecule has 1 amide bonds. The number of nitrogens with one attached hydrogen (secondary N) is 1. The molecule has 1 aliphatic rings. The second-order valence-electron chi connectivity index (χ2n) is 6.75. The number of halogens is 2. The normalized spacial score (nSPS) is 18.0. The third kappa shape index (κ3) is 5.59. The Morgan fingerprint density at radius 3 is 2.48 bits per heavy atom.